The molecule has 2 rings (SSSR count). The van der Waals surface area contributed by atoms with Crippen molar-refractivity contribution in [3.8, 4) is 5.75 Å². The predicted octanol–water partition coefficient (Wildman–Crippen LogP) is 3.43. The summed E-state index contributed by atoms with van der Waals surface area (Å²) < 4.78 is 7.83. The Balaban J connectivity index is 2.02. The molecular weight excluding hydrogens is 224 g/mol. The monoisotopic (exact) mass is 244 g/mol. The number of ether oxygens (including phenoxy) is 1. The molecule has 0 fully saturated rings. The molecule has 0 aliphatic rings. The van der Waals surface area contributed by atoms with Gasteiger partial charge in [-0.15, -0.1) is 0 Å². The third-order valence-electron chi connectivity index (χ3n) is 2.86. The van der Waals surface area contributed by atoms with Gasteiger partial charge in [0.15, 0.2) is 0 Å². The maximum atomic E-state index is 5.72. The molecule has 0 aliphatic carbocycles. The molecule has 0 saturated carbocycles. The van der Waals surface area contributed by atoms with Crippen LogP contribution in [0, 0.1) is 0 Å². The second kappa shape index (κ2) is 6.15. The third-order valence-corrected chi connectivity index (χ3v) is 2.86. The van der Waals surface area contributed by atoms with Gasteiger partial charge in [0.25, 0.3) is 0 Å². The van der Waals surface area contributed by atoms with E-state index in [9.17, 15) is 0 Å². The number of para-hydroxylation sites is 2. The molecule has 1 aromatic carbocycles. The molecule has 3 heteroatoms. The lowest BCUT2D eigenvalue weighted by Gasteiger charge is -2.13. The molecule has 0 saturated heterocycles. The Morgan fingerprint density at radius 3 is 2.72 bits per heavy atom. The van der Waals surface area contributed by atoms with E-state index in [0.29, 0.717) is 0 Å². The van der Waals surface area contributed by atoms with Crippen LogP contribution in [-0.4, -0.2) is 11.2 Å². The van der Waals surface area contributed by atoms with E-state index in [1.54, 1.807) is 0 Å². The average molecular weight is 244 g/mol. The zero-order valence-corrected chi connectivity index (χ0v) is 11.0. The molecule has 0 bridgehead atoms. The summed E-state index contributed by atoms with van der Waals surface area (Å²) in [6.45, 7) is 3.67. The highest BCUT2D eigenvalue weighted by molar-refractivity contribution is 5.56. The summed E-state index contributed by atoms with van der Waals surface area (Å²) in [4.78, 5) is 0. The van der Waals surface area contributed by atoms with Crippen molar-refractivity contribution in [2.24, 2.45) is 7.05 Å². The van der Waals surface area contributed by atoms with Gasteiger partial charge in [-0.2, -0.15) is 0 Å². The Kier molecular flexibility index (Phi) is 4.29. The second-order valence-corrected chi connectivity index (χ2v) is 4.31. The highest BCUT2D eigenvalue weighted by Crippen LogP contribution is 2.24. The van der Waals surface area contributed by atoms with Crippen LogP contribution in [0.15, 0.2) is 42.6 Å². The van der Waals surface area contributed by atoms with Crippen LogP contribution in [0.2, 0.25) is 0 Å². The Bertz CT molecular complexity index is 491. The summed E-state index contributed by atoms with van der Waals surface area (Å²) in [5, 5.41) is 3.42. The van der Waals surface area contributed by atoms with E-state index >= 15 is 0 Å². The Morgan fingerprint density at radius 2 is 2.00 bits per heavy atom. The van der Waals surface area contributed by atoms with Gasteiger partial charge in [-0.25, -0.2) is 0 Å². The van der Waals surface area contributed by atoms with Crippen molar-refractivity contribution in [3.05, 3.63) is 48.3 Å². The maximum Gasteiger partial charge on any atom is 0.142 e. The zero-order valence-electron chi connectivity index (χ0n) is 11.0. The summed E-state index contributed by atoms with van der Waals surface area (Å²) in [7, 11) is 2.05. The van der Waals surface area contributed by atoms with Gasteiger partial charge in [0.2, 0.25) is 0 Å². The van der Waals surface area contributed by atoms with Crippen LogP contribution in [0.4, 0.5) is 5.69 Å². The fourth-order valence-corrected chi connectivity index (χ4v) is 1.82. The van der Waals surface area contributed by atoms with Crippen molar-refractivity contribution < 1.29 is 4.74 Å². The quantitative estimate of drug-likeness (QED) is 0.842. The SMILES string of the molecule is CCCOc1ccccc1NCc1cccn1C. The molecule has 3 nitrogen and oxygen atoms in total. The normalized spacial score (nSPS) is 10.3. The molecule has 0 atom stereocenters. The minimum Gasteiger partial charge on any atom is -0.491 e. The Labute approximate surface area is 108 Å². The van der Waals surface area contributed by atoms with Gasteiger partial charge in [0.1, 0.15) is 5.75 Å². The zero-order chi connectivity index (χ0) is 12.8. The lowest BCUT2D eigenvalue weighted by Crippen LogP contribution is -2.06. The highest BCUT2D eigenvalue weighted by Gasteiger charge is 2.03. The lowest BCUT2D eigenvalue weighted by atomic mass is 10.3. The number of nitrogens with zero attached hydrogens (tertiary/aromatic N) is 1. The van der Waals surface area contributed by atoms with E-state index in [2.05, 4.69) is 42.2 Å². The first kappa shape index (κ1) is 12.6. The van der Waals surface area contributed by atoms with Crippen LogP contribution >= 0.6 is 0 Å². The van der Waals surface area contributed by atoms with Crippen LogP contribution in [0.5, 0.6) is 5.75 Å². The second-order valence-electron chi connectivity index (χ2n) is 4.31. The van der Waals surface area contributed by atoms with Crippen molar-refractivity contribution >= 4 is 5.69 Å². The molecular formula is C15H20N2O. The number of nitrogens with one attached hydrogen (secondary N) is 1. The summed E-state index contributed by atoms with van der Waals surface area (Å²) in [6.07, 6.45) is 3.07. The van der Waals surface area contributed by atoms with E-state index in [-0.39, 0.29) is 0 Å². The lowest BCUT2D eigenvalue weighted by molar-refractivity contribution is 0.319. The Morgan fingerprint density at radius 1 is 1.17 bits per heavy atom. The van der Waals surface area contributed by atoms with Gasteiger partial charge in [-0.3, -0.25) is 0 Å². The third kappa shape index (κ3) is 3.06. The fourth-order valence-electron chi connectivity index (χ4n) is 1.82. The van der Waals surface area contributed by atoms with Gasteiger partial charge in [-0.05, 0) is 30.7 Å². The molecule has 18 heavy (non-hydrogen) atoms. The van der Waals surface area contributed by atoms with Gasteiger partial charge in [-0.1, -0.05) is 19.1 Å². The summed E-state index contributed by atoms with van der Waals surface area (Å²) in [5.74, 6) is 0.925. The topological polar surface area (TPSA) is 26.2 Å². The van der Waals surface area contributed by atoms with Gasteiger partial charge in [0.05, 0.1) is 18.8 Å². The number of aromatic nitrogens is 1. The molecule has 1 heterocycles. The van der Waals surface area contributed by atoms with E-state index < -0.39 is 0 Å². The number of hydrogen-bond acceptors (Lipinski definition) is 2. The van der Waals surface area contributed by atoms with Crippen molar-refractivity contribution in [2.45, 2.75) is 19.9 Å². The maximum absolute atomic E-state index is 5.72. The molecule has 1 aromatic heterocycles. The largest absolute Gasteiger partial charge is 0.491 e. The first-order valence-electron chi connectivity index (χ1n) is 6.37. The van der Waals surface area contributed by atoms with E-state index in [0.717, 1.165) is 31.0 Å². The van der Waals surface area contributed by atoms with E-state index in [1.165, 1.54) is 5.69 Å². The van der Waals surface area contributed by atoms with Gasteiger partial charge in [0, 0.05) is 18.9 Å². The highest BCUT2D eigenvalue weighted by atomic mass is 16.5. The molecule has 0 unspecified atom stereocenters. The van der Waals surface area contributed by atoms with Gasteiger partial charge < -0.3 is 14.6 Å². The number of hydrogen-bond donors (Lipinski definition) is 1. The molecule has 2 aromatic rings. The standard InChI is InChI=1S/C15H20N2O/c1-3-11-18-15-9-5-4-8-14(15)16-12-13-7-6-10-17(13)2/h4-10,16H,3,11-12H2,1-2H3. The summed E-state index contributed by atoms with van der Waals surface area (Å²) in [6, 6.07) is 12.2. The molecule has 1 N–H and O–H groups in total. The first-order valence-corrected chi connectivity index (χ1v) is 6.37. The molecule has 0 aliphatic heterocycles. The molecule has 0 amide bonds. The van der Waals surface area contributed by atoms with Crippen molar-refractivity contribution in [3.63, 3.8) is 0 Å². The molecule has 0 radical (unpaired) electrons. The van der Waals surface area contributed by atoms with Crippen LogP contribution in [0.3, 0.4) is 0 Å². The minimum atomic E-state index is 0.753. The van der Waals surface area contributed by atoms with Crippen molar-refractivity contribution in [1.82, 2.24) is 4.57 Å². The summed E-state index contributed by atoms with van der Waals surface area (Å²) >= 11 is 0. The van der Waals surface area contributed by atoms with Crippen molar-refractivity contribution in [1.29, 1.82) is 0 Å². The van der Waals surface area contributed by atoms with Gasteiger partial charge >= 0.3 is 0 Å². The number of rotatable bonds is 6. The van der Waals surface area contributed by atoms with E-state index in [1.807, 2.05) is 24.3 Å². The number of benzene rings is 1. The van der Waals surface area contributed by atoms with Crippen LogP contribution in [0.1, 0.15) is 19.0 Å². The Hall–Kier alpha value is -1.90. The molecule has 0 spiro atoms. The fraction of sp³-hybridized carbons (Fsp3) is 0.333. The van der Waals surface area contributed by atoms with Crippen LogP contribution in [-0.2, 0) is 13.6 Å². The predicted molar refractivity (Wildman–Crippen MR) is 75.0 cm³/mol. The van der Waals surface area contributed by atoms with E-state index in [4.69, 9.17) is 4.74 Å². The molecule has 96 valence electrons. The number of aryl methyl sites for hydroxylation is 1. The smallest absolute Gasteiger partial charge is 0.142 e. The summed E-state index contributed by atoms with van der Waals surface area (Å²) in [5.41, 5.74) is 2.30. The average Bonchev–Trinajstić information content (AvgIpc) is 2.80. The van der Waals surface area contributed by atoms with Crippen LogP contribution in [0.25, 0.3) is 0 Å². The minimum absolute atomic E-state index is 0.753. The first-order chi connectivity index (χ1) is 8.81. The number of anilines is 1. The van der Waals surface area contributed by atoms with Crippen LogP contribution < -0.4 is 10.1 Å². The van der Waals surface area contributed by atoms with Crippen molar-refractivity contribution in [2.75, 3.05) is 11.9 Å².